The van der Waals surface area contributed by atoms with Gasteiger partial charge in [0.25, 0.3) is 0 Å². The molecule has 0 radical (unpaired) electrons. The summed E-state index contributed by atoms with van der Waals surface area (Å²) in [4.78, 5) is 30.4. The van der Waals surface area contributed by atoms with Crippen molar-refractivity contribution in [2.24, 2.45) is 0 Å². The lowest BCUT2D eigenvalue weighted by molar-refractivity contribution is -0.136. The second kappa shape index (κ2) is 11.1. The minimum Gasteiger partial charge on any atom is -0.367 e. The van der Waals surface area contributed by atoms with Crippen molar-refractivity contribution in [3.8, 4) is 0 Å². The van der Waals surface area contributed by atoms with Gasteiger partial charge in [-0.25, -0.2) is 4.39 Å². The van der Waals surface area contributed by atoms with Crippen LogP contribution in [0.5, 0.6) is 0 Å². The Balaban J connectivity index is 1.30. The molecular formula is C22H33FN4O2. The fourth-order valence-electron chi connectivity index (χ4n) is 4.06. The van der Waals surface area contributed by atoms with Crippen molar-refractivity contribution in [1.82, 2.24) is 15.1 Å². The lowest BCUT2D eigenvalue weighted by Crippen LogP contribution is -2.47. The molecule has 2 aliphatic rings. The number of likely N-dealkylation sites (tertiary alicyclic amines) is 1. The van der Waals surface area contributed by atoms with Crippen LogP contribution in [0.15, 0.2) is 24.3 Å². The molecule has 1 aromatic carbocycles. The van der Waals surface area contributed by atoms with Gasteiger partial charge in [0.2, 0.25) is 11.8 Å². The Hall–Kier alpha value is -2.15. The molecule has 2 heterocycles. The normalized spacial score (nSPS) is 19.0. The highest BCUT2D eigenvalue weighted by molar-refractivity contribution is 5.84. The van der Waals surface area contributed by atoms with Crippen LogP contribution in [0, 0.1) is 5.82 Å². The van der Waals surface area contributed by atoms with Crippen LogP contribution in [-0.4, -0.2) is 74.0 Å². The molecule has 0 aromatic heterocycles. The molecule has 0 bridgehead atoms. The number of carbonyl (C=O) groups excluding carboxylic acids is 2. The maximum Gasteiger partial charge on any atom is 0.239 e. The van der Waals surface area contributed by atoms with Crippen LogP contribution < -0.4 is 10.2 Å². The minimum absolute atomic E-state index is 0.0664. The van der Waals surface area contributed by atoms with E-state index in [9.17, 15) is 14.0 Å². The van der Waals surface area contributed by atoms with Crippen LogP contribution in [0.3, 0.4) is 0 Å². The van der Waals surface area contributed by atoms with Crippen LogP contribution in [0.4, 0.5) is 10.1 Å². The number of nitrogens with one attached hydrogen (secondary N) is 1. The van der Waals surface area contributed by atoms with Gasteiger partial charge in [0, 0.05) is 45.7 Å². The first kappa shape index (κ1) is 21.6. The Kier molecular flexibility index (Phi) is 8.28. The van der Waals surface area contributed by atoms with Crippen molar-refractivity contribution in [1.29, 1.82) is 0 Å². The molecule has 29 heavy (non-hydrogen) atoms. The first-order valence-corrected chi connectivity index (χ1v) is 10.9. The predicted molar refractivity (Wildman–Crippen MR) is 112 cm³/mol. The van der Waals surface area contributed by atoms with Crippen LogP contribution in [-0.2, 0) is 9.59 Å². The van der Waals surface area contributed by atoms with E-state index >= 15 is 0 Å². The van der Waals surface area contributed by atoms with E-state index in [-0.39, 0.29) is 24.2 Å². The summed E-state index contributed by atoms with van der Waals surface area (Å²) in [6.45, 7) is 5.81. The Morgan fingerprint density at radius 2 is 1.76 bits per heavy atom. The molecule has 2 fully saturated rings. The number of benzene rings is 1. The molecule has 0 aliphatic carbocycles. The summed E-state index contributed by atoms with van der Waals surface area (Å²) in [6.07, 6.45) is 5.60. The monoisotopic (exact) mass is 404 g/mol. The third-order valence-corrected chi connectivity index (χ3v) is 5.79. The van der Waals surface area contributed by atoms with E-state index in [0.29, 0.717) is 25.2 Å². The van der Waals surface area contributed by atoms with Gasteiger partial charge in [-0.2, -0.15) is 0 Å². The number of hydrogen-bond donors (Lipinski definition) is 1. The molecule has 0 saturated carbocycles. The SMILES string of the molecule is O=C(CN1CCCCCCC1=O)NCCCN1CCN(c2ccccc2F)CC1. The van der Waals surface area contributed by atoms with Crippen molar-refractivity contribution < 1.29 is 14.0 Å². The van der Waals surface area contributed by atoms with Crippen molar-refractivity contribution in [2.75, 3.05) is 57.3 Å². The molecule has 0 unspecified atom stereocenters. The Morgan fingerprint density at radius 1 is 1.00 bits per heavy atom. The molecule has 1 N–H and O–H groups in total. The van der Waals surface area contributed by atoms with Crippen molar-refractivity contribution >= 4 is 17.5 Å². The zero-order valence-corrected chi connectivity index (χ0v) is 17.2. The van der Waals surface area contributed by atoms with Crippen molar-refractivity contribution in [3.05, 3.63) is 30.1 Å². The number of piperazine rings is 1. The summed E-state index contributed by atoms with van der Waals surface area (Å²) in [5.74, 6) is -0.127. The number of rotatable bonds is 7. The van der Waals surface area contributed by atoms with Crippen LogP contribution in [0.1, 0.15) is 38.5 Å². The number of carbonyl (C=O) groups is 2. The molecule has 3 rings (SSSR count). The first-order valence-electron chi connectivity index (χ1n) is 10.9. The summed E-state index contributed by atoms with van der Waals surface area (Å²) < 4.78 is 13.9. The summed E-state index contributed by atoms with van der Waals surface area (Å²) >= 11 is 0. The van der Waals surface area contributed by atoms with E-state index in [1.165, 1.54) is 6.07 Å². The Labute approximate surface area is 173 Å². The average molecular weight is 405 g/mol. The summed E-state index contributed by atoms with van der Waals surface area (Å²) in [6, 6.07) is 6.92. The standard InChI is InChI=1S/C22H33FN4O2/c23-19-8-4-5-9-20(19)26-16-14-25(15-17-26)12-7-11-24-21(28)18-27-13-6-2-1-3-10-22(27)29/h4-5,8-9H,1-3,6-7,10-18H2,(H,24,28). The van der Waals surface area contributed by atoms with E-state index in [1.807, 2.05) is 12.1 Å². The molecule has 1 aromatic rings. The third-order valence-electron chi connectivity index (χ3n) is 5.79. The second-order valence-corrected chi connectivity index (χ2v) is 7.96. The molecule has 2 saturated heterocycles. The molecule has 2 aliphatic heterocycles. The van der Waals surface area contributed by atoms with Crippen LogP contribution in [0.25, 0.3) is 0 Å². The topological polar surface area (TPSA) is 55.9 Å². The van der Waals surface area contributed by atoms with Gasteiger partial charge in [-0.3, -0.25) is 14.5 Å². The Bertz CT molecular complexity index is 677. The molecule has 2 amide bonds. The van der Waals surface area contributed by atoms with Gasteiger partial charge in [0.1, 0.15) is 5.82 Å². The van der Waals surface area contributed by atoms with Gasteiger partial charge in [0.05, 0.1) is 12.2 Å². The zero-order chi connectivity index (χ0) is 20.5. The predicted octanol–water partition coefficient (Wildman–Crippen LogP) is 2.25. The number of hydrogen-bond acceptors (Lipinski definition) is 4. The van der Waals surface area contributed by atoms with Gasteiger partial charge in [-0.15, -0.1) is 0 Å². The van der Waals surface area contributed by atoms with Gasteiger partial charge in [-0.05, 0) is 37.9 Å². The van der Waals surface area contributed by atoms with Crippen molar-refractivity contribution in [2.45, 2.75) is 38.5 Å². The summed E-state index contributed by atoms with van der Waals surface area (Å²) in [5, 5.41) is 2.95. The van der Waals surface area contributed by atoms with E-state index in [1.54, 1.807) is 11.0 Å². The molecule has 7 heteroatoms. The largest absolute Gasteiger partial charge is 0.367 e. The fraction of sp³-hybridized carbons (Fsp3) is 0.636. The summed E-state index contributed by atoms with van der Waals surface area (Å²) in [7, 11) is 0. The lowest BCUT2D eigenvalue weighted by Gasteiger charge is -2.36. The number of nitrogens with zero attached hydrogens (tertiary/aromatic N) is 3. The number of anilines is 1. The van der Waals surface area contributed by atoms with Gasteiger partial charge in [0.15, 0.2) is 0 Å². The van der Waals surface area contributed by atoms with E-state index < -0.39 is 0 Å². The molecule has 0 atom stereocenters. The minimum atomic E-state index is -0.165. The maximum absolute atomic E-state index is 13.9. The Morgan fingerprint density at radius 3 is 2.55 bits per heavy atom. The first-order chi connectivity index (χ1) is 14.1. The highest BCUT2D eigenvalue weighted by atomic mass is 19.1. The van der Waals surface area contributed by atoms with E-state index in [0.717, 1.165) is 64.8 Å². The number of para-hydroxylation sites is 1. The second-order valence-electron chi connectivity index (χ2n) is 7.96. The summed E-state index contributed by atoms with van der Waals surface area (Å²) in [5.41, 5.74) is 0.679. The van der Waals surface area contributed by atoms with Crippen molar-refractivity contribution in [3.63, 3.8) is 0 Å². The lowest BCUT2D eigenvalue weighted by atomic mass is 10.1. The van der Waals surface area contributed by atoms with Crippen LogP contribution >= 0.6 is 0 Å². The zero-order valence-electron chi connectivity index (χ0n) is 17.2. The highest BCUT2D eigenvalue weighted by Gasteiger charge is 2.20. The molecular weight excluding hydrogens is 371 g/mol. The third kappa shape index (κ3) is 6.70. The highest BCUT2D eigenvalue weighted by Crippen LogP contribution is 2.20. The van der Waals surface area contributed by atoms with E-state index in [2.05, 4.69) is 15.1 Å². The van der Waals surface area contributed by atoms with Gasteiger partial charge in [-0.1, -0.05) is 25.0 Å². The quantitative estimate of drug-likeness (QED) is 0.709. The number of amides is 2. The fourth-order valence-corrected chi connectivity index (χ4v) is 4.06. The average Bonchev–Trinajstić information content (AvgIpc) is 2.72. The van der Waals surface area contributed by atoms with Gasteiger partial charge >= 0.3 is 0 Å². The van der Waals surface area contributed by atoms with Gasteiger partial charge < -0.3 is 15.1 Å². The van der Waals surface area contributed by atoms with E-state index in [4.69, 9.17) is 0 Å². The van der Waals surface area contributed by atoms with Crippen LogP contribution in [0.2, 0.25) is 0 Å². The molecule has 160 valence electrons. The molecule has 0 spiro atoms. The maximum atomic E-state index is 13.9. The smallest absolute Gasteiger partial charge is 0.239 e. The molecule has 6 nitrogen and oxygen atoms in total. The number of halogens is 1.